The molecule has 1 aromatic rings. The summed E-state index contributed by atoms with van der Waals surface area (Å²) in [6.45, 7) is -0.0152. The van der Waals surface area contributed by atoms with E-state index in [1.807, 2.05) is 30.3 Å². The number of hydrogen-bond donors (Lipinski definition) is 2. The highest BCUT2D eigenvalue weighted by atomic mass is 32.2. The monoisotopic (exact) mass is 338 g/mol. The van der Waals surface area contributed by atoms with Crippen LogP contribution < -0.4 is 5.32 Å². The van der Waals surface area contributed by atoms with Crippen LogP contribution in [-0.4, -0.2) is 37.5 Å². The summed E-state index contributed by atoms with van der Waals surface area (Å²) < 4.78 is 34.3. The van der Waals surface area contributed by atoms with Crippen LogP contribution in [0.25, 0.3) is 0 Å². The van der Waals surface area contributed by atoms with Gasteiger partial charge in [-0.2, -0.15) is 0 Å². The maximum Gasteiger partial charge on any atom is 0.301 e. The van der Waals surface area contributed by atoms with Crippen molar-refractivity contribution in [3.63, 3.8) is 0 Å². The zero-order valence-electron chi connectivity index (χ0n) is 12.9. The van der Waals surface area contributed by atoms with E-state index in [9.17, 15) is 13.5 Å². The molecule has 6 nitrogen and oxygen atoms in total. The van der Waals surface area contributed by atoms with Gasteiger partial charge in [-0.05, 0) is 31.2 Å². The van der Waals surface area contributed by atoms with Gasteiger partial charge in [-0.1, -0.05) is 36.8 Å². The van der Waals surface area contributed by atoms with E-state index in [0.717, 1.165) is 24.8 Å². The predicted molar refractivity (Wildman–Crippen MR) is 87.5 cm³/mol. The summed E-state index contributed by atoms with van der Waals surface area (Å²) in [6.07, 6.45) is 3.35. The molecule has 2 aliphatic rings. The normalized spacial score (nSPS) is 27.3. The van der Waals surface area contributed by atoms with Crippen molar-refractivity contribution in [2.75, 3.05) is 6.61 Å². The van der Waals surface area contributed by atoms with Gasteiger partial charge in [-0.25, -0.2) is 8.42 Å². The number of ether oxygens (including phenoxy) is 1. The predicted octanol–water partition coefficient (Wildman–Crippen LogP) is 1.73. The Hall–Kier alpha value is -1.60. The topological polar surface area (TPSA) is 88.0 Å². The van der Waals surface area contributed by atoms with Crippen molar-refractivity contribution >= 4 is 16.0 Å². The molecule has 1 aromatic carbocycles. The molecule has 2 unspecified atom stereocenters. The van der Waals surface area contributed by atoms with Gasteiger partial charge in [0.25, 0.3) is 10.0 Å². The number of rotatable bonds is 4. The Morgan fingerprint density at radius 3 is 2.74 bits per heavy atom. The molecule has 0 saturated heterocycles. The third kappa shape index (κ3) is 3.67. The molecule has 7 heteroatoms. The number of nitrogens with zero attached hydrogens (tertiary/aromatic N) is 1. The van der Waals surface area contributed by atoms with Crippen molar-refractivity contribution in [3.8, 4) is 0 Å². The number of amidine groups is 1. The number of aliphatic hydroxyl groups excluding tert-OH is 1. The first-order chi connectivity index (χ1) is 11.1. The molecule has 1 aliphatic carbocycles. The molecule has 0 spiro atoms. The van der Waals surface area contributed by atoms with Crippen molar-refractivity contribution in [1.29, 1.82) is 0 Å². The Bertz CT molecular complexity index is 660. The summed E-state index contributed by atoms with van der Waals surface area (Å²) in [7, 11) is -3.54. The van der Waals surface area contributed by atoms with E-state index in [1.165, 1.54) is 0 Å². The molecule has 0 bridgehead atoms. The average Bonchev–Trinajstić information content (AvgIpc) is 2.55. The van der Waals surface area contributed by atoms with E-state index in [1.54, 1.807) is 0 Å². The van der Waals surface area contributed by atoms with Crippen LogP contribution in [-0.2, 0) is 14.8 Å². The van der Waals surface area contributed by atoms with Crippen molar-refractivity contribution < 1.29 is 18.3 Å². The largest absolute Gasteiger partial charge is 0.460 e. The first-order valence-corrected chi connectivity index (χ1v) is 9.53. The van der Waals surface area contributed by atoms with Crippen LogP contribution in [0.15, 0.2) is 34.7 Å². The molecular formula is C16H22N2O4S. The maximum absolute atomic E-state index is 12.3. The van der Waals surface area contributed by atoms with E-state index in [4.69, 9.17) is 4.74 Å². The third-order valence-electron chi connectivity index (χ3n) is 4.42. The lowest BCUT2D eigenvalue weighted by Crippen LogP contribution is -2.47. The summed E-state index contributed by atoms with van der Waals surface area (Å²) in [5.41, 5.74) is 0.955. The van der Waals surface area contributed by atoms with Crippen LogP contribution in [0, 0.1) is 0 Å². The molecule has 1 fully saturated rings. The van der Waals surface area contributed by atoms with Crippen molar-refractivity contribution in [1.82, 2.24) is 5.32 Å². The SMILES string of the molecule is O=S1(=O)N=C(N[C@@H](CCO)c2ccccc2)OC2CCCCC21. The lowest BCUT2D eigenvalue weighted by molar-refractivity contribution is 0.130. The average molecular weight is 338 g/mol. The molecule has 23 heavy (non-hydrogen) atoms. The maximum atomic E-state index is 12.3. The van der Waals surface area contributed by atoms with E-state index in [2.05, 4.69) is 9.71 Å². The summed E-state index contributed by atoms with van der Waals surface area (Å²) in [6, 6.07) is 9.37. The van der Waals surface area contributed by atoms with Crippen LogP contribution in [0.1, 0.15) is 43.7 Å². The Kier molecular flexibility index (Phi) is 4.87. The number of sulfonamides is 1. The fourth-order valence-electron chi connectivity index (χ4n) is 3.23. The quantitative estimate of drug-likeness (QED) is 0.873. The molecule has 0 aromatic heterocycles. The minimum absolute atomic E-state index is 0.0152. The second kappa shape index (κ2) is 6.88. The first-order valence-electron chi connectivity index (χ1n) is 8.03. The van der Waals surface area contributed by atoms with Gasteiger partial charge in [0, 0.05) is 6.61 Å². The summed E-state index contributed by atoms with van der Waals surface area (Å²) in [5.74, 6) is 0. The van der Waals surface area contributed by atoms with Crippen LogP contribution in [0.4, 0.5) is 0 Å². The number of hydrogen-bond acceptors (Lipinski definition) is 5. The zero-order chi connectivity index (χ0) is 16.3. The smallest absolute Gasteiger partial charge is 0.301 e. The number of nitrogens with one attached hydrogen (secondary N) is 1. The van der Waals surface area contributed by atoms with E-state index >= 15 is 0 Å². The molecule has 3 rings (SSSR count). The molecule has 1 saturated carbocycles. The second-order valence-corrected chi connectivity index (χ2v) is 7.83. The fraction of sp³-hybridized carbons (Fsp3) is 0.562. The third-order valence-corrected chi connectivity index (χ3v) is 6.14. The van der Waals surface area contributed by atoms with Gasteiger partial charge in [-0.3, -0.25) is 0 Å². The minimum atomic E-state index is -3.54. The number of fused-ring (bicyclic) bond motifs is 1. The number of benzene rings is 1. The van der Waals surface area contributed by atoms with Crippen LogP contribution >= 0.6 is 0 Å². The molecular weight excluding hydrogens is 316 g/mol. The molecule has 126 valence electrons. The van der Waals surface area contributed by atoms with Gasteiger partial charge in [0.05, 0.1) is 6.04 Å². The Morgan fingerprint density at radius 2 is 2.00 bits per heavy atom. The molecule has 1 heterocycles. The van der Waals surface area contributed by atoms with E-state index in [0.29, 0.717) is 12.8 Å². The van der Waals surface area contributed by atoms with Crippen molar-refractivity contribution in [3.05, 3.63) is 35.9 Å². The highest BCUT2D eigenvalue weighted by molar-refractivity contribution is 7.91. The Labute approximate surface area is 136 Å². The standard InChI is InChI=1S/C16H22N2O4S/c19-11-10-13(12-6-2-1-3-7-12)17-16-18-23(20,21)15-9-5-4-8-14(15)22-16/h1-3,6-7,13-15,19H,4-5,8-11H2,(H,17,18)/t13-,14?,15?/m0/s1. The Morgan fingerprint density at radius 1 is 1.26 bits per heavy atom. The fourth-order valence-corrected chi connectivity index (χ4v) is 4.73. The van der Waals surface area contributed by atoms with E-state index < -0.39 is 15.3 Å². The summed E-state index contributed by atoms with van der Waals surface area (Å²) in [5, 5.41) is 11.8. The van der Waals surface area contributed by atoms with E-state index in [-0.39, 0.29) is 24.8 Å². The van der Waals surface area contributed by atoms with Crippen LogP contribution in [0.5, 0.6) is 0 Å². The highest BCUT2D eigenvalue weighted by Crippen LogP contribution is 2.31. The first kappa shape index (κ1) is 16.3. The summed E-state index contributed by atoms with van der Waals surface area (Å²) >= 11 is 0. The van der Waals surface area contributed by atoms with Gasteiger partial charge in [-0.15, -0.1) is 4.40 Å². The number of aliphatic hydroxyl groups is 1. The van der Waals surface area contributed by atoms with Gasteiger partial charge in [0.1, 0.15) is 11.4 Å². The summed E-state index contributed by atoms with van der Waals surface area (Å²) in [4.78, 5) is 0. The van der Waals surface area contributed by atoms with Gasteiger partial charge < -0.3 is 15.2 Å². The highest BCUT2D eigenvalue weighted by Gasteiger charge is 2.41. The molecule has 3 atom stereocenters. The lowest BCUT2D eigenvalue weighted by atomic mass is 9.97. The zero-order valence-corrected chi connectivity index (χ0v) is 13.7. The second-order valence-electron chi connectivity index (χ2n) is 6.01. The van der Waals surface area contributed by atoms with Crippen LogP contribution in [0.3, 0.4) is 0 Å². The minimum Gasteiger partial charge on any atom is -0.460 e. The van der Waals surface area contributed by atoms with Crippen LogP contribution in [0.2, 0.25) is 0 Å². The van der Waals surface area contributed by atoms with Gasteiger partial charge >= 0.3 is 6.02 Å². The molecule has 0 radical (unpaired) electrons. The van der Waals surface area contributed by atoms with Crippen molar-refractivity contribution in [2.24, 2.45) is 4.40 Å². The molecule has 0 amide bonds. The van der Waals surface area contributed by atoms with Gasteiger partial charge in [0.2, 0.25) is 0 Å². The van der Waals surface area contributed by atoms with Crippen molar-refractivity contribution in [2.45, 2.75) is 49.5 Å². The lowest BCUT2D eigenvalue weighted by Gasteiger charge is -2.34. The molecule has 2 N–H and O–H groups in total. The van der Waals surface area contributed by atoms with Gasteiger partial charge in [0.15, 0.2) is 0 Å². The molecule has 1 aliphatic heterocycles. The Balaban J connectivity index is 1.81.